The maximum Gasteiger partial charge on any atom is 0.272 e. The highest BCUT2D eigenvalue weighted by Gasteiger charge is 2.15. The molecule has 6 heteroatoms. The Morgan fingerprint density at radius 3 is 1.89 bits per heavy atom. The average Bonchev–Trinajstić information content (AvgIpc) is 2.94. The normalized spacial score (nSPS) is 10.9. The quantitative estimate of drug-likeness (QED) is 0.291. The Morgan fingerprint density at radius 2 is 1.24 bits per heavy atom. The summed E-state index contributed by atoms with van der Waals surface area (Å²) in [7, 11) is 0. The minimum atomic E-state index is -0.457. The fraction of sp³-hybridized carbons (Fsp3) is 0.0645. The van der Waals surface area contributed by atoms with Crippen molar-refractivity contribution in [1.82, 2.24) is 10.6 Å². The number of benzene rings is 4. The number of anilines is 1. The lowest BCUT2D eigenvalue weighted by Crippen LogP contribution is -2.30. The summed E-state index contributed by atoms with van der Waals surface area (Å²) in [5.41, 5.74) is 3.74. The van der Waals surface area contributed by atoms with Crippen LogP contribution in [0.1, 0.15) is 27.0 Å². The van der Waals surface area contributed by atoms with Crippen molar-refractivity contribution in [3.8, 4) is 0 Å². The lowest BCUT2D eigenvalue weighted by molar-refractivity contribution is -0.120. The monoisotopic (exact) mass is 489 g/mol. The van der Waals surface area contributed by atoms with Gasteiger partial charge in [0, 0.05) is 17.8 Å². The Labute approximate surface area is 216 Å². The largest absolute Gasteiger partial charge is 0.352 e. The van der Waals surface area contributed by atoms with Gasteiger partial charge in [0.1, 0.15) is 5.70 Å². The minimum absolute atomic E-state index is 0.0858. The molecular weight excluding hydrogens is 462 g/mol. The van der Waals surface area contributed by atoms with Crippen molar-refractivity contribution in [1.29, 1.82) is 0 Å². The lowest BCUT2D eigenvalue weighted by atomic mass is 10.1. The lowest BCUT2D eigenvalue weighted by Gasteiger charge is -2.12. The van der Waals surface area contributed by atoms with Gasteiger partial charge in [-0.25, -0.2) is 0 Å². The molecule has 0 saturated carbocycles. The summed E-state index contributed by atoms with van der Waals surface area (Å²) >= 11 is 0. The first kappa shape index (κ1) is 25.1. The molecule has 0 atom stereocenters. The van der Waals surface area contributed by atoms with E-state index in [1.54, 1.807) is 54.6 Å². The van der Waals surface area contributed by atoms with Crippen LogP contribution in [-0.4, -0.2) is 17.7 Å². The third kappa shape index (κ3) is 7.77. The molecule has 0 bridgehead atoms. The van der Waals surface area contributed by atoms with Crippen molar-refractivity contribution in [2.75, 3.05) is 5.32 Å². The number of nitrogens with one attached hydrogen (secondary N) is 3. The molecule has 184 valence electrons. The molecule has 0 aromatic heterocycles. The SMILES string of the molecule is O=C(Cc1ccc(NC(=O)/C(=C\c2ccccc2)NC(=O)c2ccccc2)cc1)NCc1ccccc1. The van der Waals surface area contributed by atoms with Gasteiger partial charge in [0.2, 0.25) is 5.91 Å². The Bertz CT molecular complexity index is 1370. The van der Waals surface area contributed by atoms with E-state index in [1.165, 1.54) is 0 Å². The van der Waals surface area contributed by atoms with E-state index >= 15 is 0 Å². The van der Waals surface area contributed by atoms with Crippen molar-refractivity contribution >= 4 is 29.5 Å². The first-order valence-corrected chi connectivity index (χ1v) is 11.9. The maximum absolute atomic E-state index is 13.1. The predicted molar refractivity (Wildman–Crippen MR) is 145 cm³/mol. The van der Waals surface area contributed by atoms with Crippen LogP contribution in [0, 0.1) is 0 Å². The molecule has 0 unspecified atom stereocenters. The first-order valence-electron chi connectivity index (χ1n) is 11.9. The molecule has 3 amide bonds. The molecule has 0 heterocycles. The van der Waals surface area contributed by atoms with Crippen LogP contribution in [0.2, 0.25) is 0 Å². The molecule has 3 N–H and O–H groups in total. The molecule has 4 aromatic carbocycles. The van der Waals surface area contributed by atoms with Crippen molar-refractivity contribution in [2.45, 2.75) is 13.0 Å². The summed E-state index contributed by atoms with van der Waals surface area (Å²) in [4.78, 5) is 38.1. The van der Waals surface area contributed by atoms with Crippen LogP contribution in [0.3, 0.4) is 0 Å². The summed E-state index contributed by atoms with van der Waals surface area (Å²) < 4.78 is 0. The third-order valence-electron chi connectivity index (χ3n) is 5.55. The van der Waals surface area contributed by atoms with Gasteiger partial charge >= 0.3 is 0 Å². The Kier molecular flexibility index (Phi) is 8.59. The van der Waals surface area contributed by atoms with Crippen molar-refractivity contribution in [3.63, 3.8) is 0 Å². The van der Waals surface area contributed by atoms with Crippen LogP contribution in [0.4, 0.5) is 5.69 Å². The summed E-state index contributed by atoms with van der Waals surface area (Å²) in [6, 6.07) is 34.8. The second-order valence-corrected chi connectivity index (χ2v) is 8.38. The van der Waals surface area contributed by atoms with E-state index in [4.69, 9.17) is 0 Å². The van der Waals surface area contributed by atoms with Crippen LogP contribution < -0.4 is 16.0 Å². The highest BCUT2D eigenvalue weighted by atomic mass is 16.2. The molecule has 0 aliphatic rings. The summed E-state index contributed by atoms with van der Waals surface area (Å²) in [6.45, 7) is 0.471. The Morgan fingerprint density at radius 1 is 0.649 bits per heavy atom. The zero-order chi connectivity index (χ0) is 25.9. The zero-order valence-corrected chi connectivity index (χ0v) is 20.2. The molecule has 0 fully saturated rings. The van der Waals surface area contributed by atoms with Crippen molar-refractivity contribution in [3.05, 3.63) is 143 Å². The third-order valence-corrected chi connectivity index (χ3v) is 5.55. The second kappa shape index (κ2) is 12.7. The standard InChI is InChI=1S/C31H27N3O3/c35-29(32-22-25-12-6-2-7-13-25)21-24-16-18-27(19-17-24)33-31(37)28(20-23-10-4-1-5-11-23)34-30(36)26-14-8-3-9-15-26/h1-20H,21-22H2,(H,32,35)(H,33,37)(H,34,36)/b28-20+. The van der Waals surface area contributed by atoms with Gasteiger partial charge in [-0.1, -0.05) is 91.0 Å². The highest BCUT2D eigenvalue weighted by molar-refractivity contribution is 6.10. The van der Waals surface area contributed by atoms with Crippen molar-refractivity contribution in [2.24, 2.45) is 0 Å². The smallest absolute Gasteiger partial charge is 0.272 e. The van der Waals surface area contributed by atoms with Gasteiger partial charge in [-0.05, 0) is 47.0 Å². The minimum Gasteiger partial charge on any atom is -0.352 e. The first-order chi connectivity index (χ1) is 18.1. The van der Waals surface area contributed by atoms with Gasteiger partial charge in [-0.15, -0.1) is 0 Å². The van der Waals surface area contributed by atoms with Gasteiger partial charge in [0.05, 0.1) is 6.42 Å². The van der Waals surface area contributed by atoms with Crippen LogP contribution in [0.25, 0.3) is 6.08 Å². The fourth-order valence-electron chi connectivity index (χ4n) is 3.61. The van der Waals surface area contributed by atoms with E-state index in [0.29, 0.717) is 17.8 Å². The summed E-state index contributed by atoms with van der Waals surface area (Å²) in [5, 5.41) is 8.46. The van der Waals surface area contributed by atoms with Crippen LogP contribution in [-0.2, 0) is 22.6 Å². The van der Waals surface area contributed by atoms with Gasteiger partial charge in [0.15, 0.2) is 0 Å². The Hall–Kier alpha value is -4.97. The van der Waals surface area contributed by atoms with E-state index in [9.17, 15) is 14.4 Å². The van der Waals surface area contributed by atoms with Gasteiger partial charge < -0.3 is 16.0 Å². The van der Waals surface area contributed by atoms with E-state index in [2.05, 4.69) is 16.0 Å². The molecule has 4 aromatic rings. The van der Waals surface area contributed by atoms with E-state index < -0.39 is 5.91 Å². The number of rotatable bonds is 9. The van der Waals surface area contributed by atoms with Crippen molar-refractivity contribution < 1.29 is 14.4 Å². The summed E-state index contributed by atoms with van der Waals surface area (Å²) in [5.74, 6) is -0.923. The molecule has 0 radical (unpaired) electrons. The van der Waals surface area contributed by atoms with Gasteiger partial charge in [-0.2, -0.15) is 0 Å². The topological polar surface area (TPSA) is 87.3 Å². The molecule has 0 spiro atoms. The molecule has 37 heavy (non-hydrogen) atoms. The van der Waals surface area contributed by atoms with Crippen LogP contribution in [0.15, 0.2) is 121 Å². The number of hydrogen-bond acceptors (Lipinski definition) is 3. The Balaban J connectivity index is 1.40. The average molecular weight is 490 g/mol. The van der Waals surface area contributed by atoms with Gasteiger partial charge in [-0.3, -0.25) is 14.4 Å². The summed E-state index contributed by atoms with van der Waals surface area (Å²) in [6.07, 6.45) is 1.86. The number of amides is 3. The van der Waals surface area contributed by atoms with E-state index in [-0.39, 0.29) is 23.9 Å². The van der Waals surface area contributed by atoms with Gasteiger partial charge in [0.25, 0.3) is 11.8 Å². The molecule has 0 aliphatic heterocycles. The number of carbonyl (C=O) groups excluding carboxylic acids is 3. The van der Waals surface area contributed by atoms with Crippen LogP contribution >= 0.6 is 0 Å². The predicted octanol–water partition coefficient (Wildman–Crippen LogP) is 4.96. The highest BCUT2D eigenvalue weighted by Crippen LogP contribution is 2.13. The van der Waals surface area contributed by atoms with E-state index in [0.717, 1.165) is 16.7 Å². The molecule has 6 nitrogen and oxygen atoms in total. The number of hydrogen-bond donors (Lipinski definition) is 3. The number of carbonyl (C=O) groups is 3. The zero-order valence-electron chi connectivity index (χ0n) is 20.2. The molecule has 4 rings (SSSR count). The van der Waals surface area contributed by atoms with E-state index in [1.807, 2.05) is 66.7 Å². The van der Waals surface area contributed by atoms with Crippen LogP contribution in [0.5, 0.6) is 0 Å². The maximum atomic E-state index is 13.1. The molecule has 0 aliphatic carbocycles. The molecule has 0 saturated heterocycles. The fourth-order valence-corrected chi connectivity index (χ4v) is 3.61. The molecular formula is C31H27N3O3. The second-order valence-electron chi connectivity index (χ2n) is 8.38.